The predicted octanol–water partition coefficient (Wildman–Crippen LogP) is 1.24. The Morgan fingerprint density at radius 1 is 1.58 bits per heavy atom. The van der Waals surface area contributed by atoms with Gasteiger partial charge in [-0.05, 0) is 12.8 Å². The summed E-state index contributed by atoms with van der Waals surface area (Å²) in [5, 5.41) is 9.31. The summed E-state index contributed by atoms with van der Waals surface area (Å²) in [6, 6.07) is 0. The lowest BCUT2D eigenvalue weighted by Gasteiger charge is -2.11. The molecular weight excluding hydrogens is 156 g/mol. The monoisotopic (exact) mass is 172 g/mol. The second kappa shape index (κ2) is 4.45. The zero-order chi connectivity index (χ0) is 8.97. The van der Waals surface area contributed by atoms with Gasteiger partial charge in [-0.2, -0.15) is 0 Å². The average molecular weight is 172 g/mol. The number of cyclic esters (lactones) is 1. The number of aliphatic hydroxyl groups excluding tert-OH is 1. The summed E-state index contributed by atoms with van der Waals surface area (Å²) in [4.78, 5) is 10.7. The number of hydrogen-bond acceptors (Lipinski definition) is 3. The first kappa shape index (κ1) is 9.52. The van der Waals surface area contributed by atoms with Crippen LogP contribution >= 0.6 is 0 Å². The lowest BCUT2D eigenvalue weighted by atomic mass is 10.1. The van der Waals surface area contributed by atoms with Crippen molar-refractivity contribution in [2.45, 2.75) is 51.2 Å². The van der Waals surface area contributed by atoms with E-state index in [2.05, 4.69) is 6.92 Å². The molecule has 70 valence electrons. The molecule has 0 unspecified atom stereocenters. The van der Waals surface area contributed by atoms with Crippen molar-refractivity contribution in [2.24, 2.45) is 0 Å². The highest BCUT2D eigenvalue weighted by atomic mass is 16.6. The minimum absolute atomic E-state index is 0.177. The minimum Gasteiger partial charge on any atom is -0.460 e. The van der Waals surface area contributed by atoms with Crippen LogP contribution in [0, 0.1) is 0 Å². The van der Waals surface area contributed by atoms with E-state index in [1.54, 1.807) is 0 Å². The lowest BCUT2D eigenvalue weighted by molar-refractivity contribution is -0.142. The van der Waals surface area contributed by atoms with Gasteiger partial charge >= 0.3 is 5.97 Å². The number of aliphatic hydroxyl groups is 1. The molecule has 0 bridgehead atoms. The van der Waals surface area contributed by atoms with E-state index in [9.17, 15) is 9.90 Å². The topological polar surface area (TPSA) is 46.5 Å². The molecule has 1 N–H and O–H groups in total. The summed E-state index contributed by atoms with van der Waals surface area (Å²) >= 11 is 0. The normalized spacial score (nSPS) is 29.0. The highest BCUT2D eigenvalue weighted by Gasteiger charge is 2.32. The standard InChI is InChI=1S/C9H16O3/c1-2-3-4-5-8-7(10)6-9(11)12-8/h7-8,10H,2-6H2,1H3/t7-,8-/m1/s1. The van der Waals surface area contributed by atoms with Crippen LogP contribution in [-0.4, -0.2) is 23.3 Å². The fourth-order valence-electron chi connectivity index (χ4n) is 1.44. The zero-order valence-electron chi connectivity index (χ0n) is 7.45. The molecule has 0 spiro atoms. The first-order chi connectivity index (χ1) is 5.74. The average Bonchev–Trinajstić information content (AvgIpc) is 2.31. The zero-order valence-corrected chi connectivity index (χ0v) is 7.45. The van der Waals surface area contributed by atoms with E-state index in [1.165, 1.54) is 0 Å². The van der Waals surface area contributed by atoms with Gasteiger partial charge in [0.25, 0.3) is 0 Å². The number of carbonyl (C=O) groups is 1. The van der Waals surface area contributed by atoms with Gasteiger partial charge in [0.05, 0.1) is 6.42 Å². The van der Waals surface area contributed by atoms with Crippen LogP contribution in [0.2, 0.25) is 0 Å². The molecule has 1 saturated heterocycles. The maximum absolute atomic E-state index is 10.7. The van der Waals surface area contributed by atoms with Crippen molar-refractivity contribution < 1.29 is 14.6 Å². The number of rotatable bonds is 4. The van der Waals surface area contributed by atoms with Crippen LogP contribution in [0.4, 0.5) is 0 Å². The van der Waals surface area contributed by atoms with Crippen LogP contribution in [0.15, 0.2) is 0 Å². The molecule has 0 radical (unpaired) electrons. The van der Waals surface area contributed by atoms with Gasteiger partial charge in [0.2, 0.25) is 0 Å². The van der Waals surface area contributed by atoms with Gasteiger partial charge in [0.15, 0.2) is 0 Å². The molecule has 12 heavy (non-hydrogen) atoms. The van der Waals surface area contributed by atoms with Crippen molar-refractivity contribution in [3.05, 3.63) is 0 Å². The molecule has 1 fully saturated rings. The van der Waals surface area contributed by atoms with Crippen LogP contribution in [0.25, 0.3) is 0 Å². The molecule has 0 aromatic carbocycles. The third-order valence-electron chi connectivity index (χ3n) is 2.18. The predicted molar refractivity (Wildman–Crippen MR) is 44.6 cm³/mol. The Balaban J connectivity index is 2.19. The number of ether oxygens (including phenoxy) is 1. The van der Waals surface area contributed by atoms with E-state index >= 15 is 0 Å². The van der Waals surface area contributed by atoms with Crippen LogP contribution in [0.1, 0.15) is 39.0 Å². The van der Waals surface area contributed by atoms with E-state index in [-0.39, 0.29) is 18.5 Å². The van der Waals surface area contributed by atoms with E-state index in [4.69, 9.17) is 4.74 Å². The van der Waals surface area contributed by atoms with Crippen molar-refractivity contribution in [1.82, 2.24) is 0 Å². The van der Waals surface area contributed by atoms with Crippen molar-refractivity contribution >= 4 is 5.97 Å². The molecule has 0 amide bonds. The highest BCUT2D eigenvalue weighted by molar-refractivity contribution is 5.72. The molecule has 0 saturated carbocycles. The molecule has 0 aliphatic carbocycles. The van der Waals surface area contributed by atoms with Gasteiger partial charge in [0, 0.05) is 0 Å². The van der Waals surface area contributed by atoms with Gasteiger partial charge in [-0.25, -0.2) is 0 Å². The van der Waals surface area contributed by atoms with Gasteiger partial charge in [-0.1, -0.05) is 19.8 Å². The SMILES string of the molecule is CCCCC[C@H]1OC(=O)C[C@H]1O. The van der Waals surface area contributed by atoms with E-state index in [1.807, 2.05) is 0 Å². The fourth-order valence-corrected chi connectivity index (χ4v) is 1.44. The molecule has 0 aromatic heterocycles. The third kappa shape index (κ3) is 2.48. The second-order valence-corrected chi connectivity index (χ2v) is 3.30. The van der Waals surface area contributed by atoms with Crippen LogP contribution in [-0.2, 0) is 9.53 Å². The lowest BCUT2D eigenvalue weighted by Crippen LogP contribution is -2.20. The number of unbranched alkanes of at least 4 members (excludes halogenated alkanes) is 2. The molecule has 3 nitrogen and oxygen atoms in total. The Kier molecular flexibility index (Phi) is 3.53. The largest absolute Gasteiger partial charge is 0.460 e. The number of carbonyl (C=O) groups excluding carboxylic acids is 1. The molecule has 0 aromatic rings. The quantitative estimate of drug-likeness (QED) is 0.512. The maximum atomic E-state index is 10.7. The first-order valence-electron chi connectivity index (χ1n) is 4.61. The molecule has 3 heteroatoms. The minimum atomic E-state index is -0.561. The van der Waals surface area contributed by atoms with Crippen LogP contribution < -0.4 is 0 Å². The van der Waals surface area contributed by atoms with Crippen molar-refractivity contribution in [3.8, 4) is 0 Å². The Labute approximate surface area is 72.7 Å². The molecule has 1 aliphatic heterocycles. The van der Waals surface area contributed by atoms with E-state index in [0.717, 1.165) is 25.7 Å². The Bertz CT molecular complexity index is 156. The van der Waals surface area contributed by atoms with Gasteiger partial charge in [0.1, 0.15) is 12.2 Å². The molecule has 1 aliphatic rings. The Morgan fingerprint density at radius 2 is 2.33 bits per heavy atom. The van der Waals surface area contributed by atoms with E-state index in [0.29, 0.717) is 0 Å². The summed E-state index contributed by atoms with van der Waals surface area (Å²) in [7, 11) is 0. The van der Waals surface area contributed by atoms with Gasteiger partial charge in [-0.15, -0.1) is 0 Å². The van der Waals surface area contributed by atoms with E-state index < -0.39 is 6.10 Å². The van der Waals surface area contributed by atoms with Crippen molar-refractivity contribution in [1.29, 1.82) is 0 Å². The van der Waals surface area contributed by atoms with Crippen LogP contribution in [0.3, 0.4) is 0 Å². The summed E-state index contributed by atoms with van der Waals surface area (Å²) < 4.78 is 4.93. The van der Waals surface area contributed by atoms with Crippen molar-refractivity contribution in [2.75, 3.05) is 0 Å². The summed E-state index contributed by atoms with van der Waals surface area (Å²) in [5.41, 5.74) is 0. The first-order valence-corrected chi connectivity index (χ1v) is 4.61. The fraction of sp³-hybridized carbons (Fsp3) is 0.889. The van der Waals surface area contributed by atoms with Gasteiger partial charge in [-0.3, -0.25) is 4.79 Å². The molecular formula is C9H16O3. The number of esters is 1. The smallest absolute Gasteiger partial charge is 0.308 e. The van der Waals surface area contributed by atoms with Crippen LogP contribution in [0.5, 0.6) is 0 Å². The number of hydrogen-bond donors (Lipinski definition) is 1. The van der Waals surface area contributed by atoms with Crippen molar-refractivity contribution in [3.63, 3.8) is 0 Å². The summed E-state index contributed by atoms with van der Waals surface area (Å²) in [5.74, 6) is -0.260. The molecule has 2 atom stereocenters. The Morgan fingerprint density at radius 3 is 2.83 bits per heavy atom. The second-order valence-electron chi connectivity index (χ2n) is 3.30. The molecule has 1 heterocycles. The maximum Gasteiger partial charge on any atom is 0.308 e. The summed E-state index contributed by atoms with van der Waals surface area (Å²) in [6.45, 7) is 2.12. The molecule has 1 rings (SSSR count). The van der Waals surface area contributed by atoms with Gasteiger partial charge < -0.3 is 9.84 Å². The summed E-state index contributed by atoms with van der Waals surface area (Å²) in [6.07, 6.45) is 3.51. The highest BCUT2D eigenvalue weighted by Crippen LogP contribution is 2.19. The Hall–Kier alpha value is -0.570. The third-order valence-corrected chi connectivity index (χ3v) is 2.18.